The number of alkyl halides is 3. The molecule has 3 fully saturated rings. The fourth-order valence-electron chi connectivity index (χ4n) is 4.59. The molecule has 2 saturated heterocycles. The van der Waals surface area contributed by atoms with Crippen molar-refractivity contribution in [2.75, 3.05) is 19.7 Å². The summed E-state index contributed by atoms with van der Waals surface area (Å²) in [6.45, 7) is 1.82. The Hall–Kier alpha value is -2.32. The number of halogens is 3. The van der Waals surface area contributed by atoms with Gasteiger partial charge in [-0.25, -0.2) is 4.79 Å². The molecule has 2 amide bonds. The molecule has 0 bridgehead atoms. The minimum atomic E-state index is -4.41. The summed E-state index contributed by atoms with van der Waals surface area (Å²) in [5.41, 5.74) is 0.142. The van der Waals surface area contributed by atoms with Crippen LogP contribution < -0.4 is 5.32 Å². The Bertz CT molecular complexity index is 752. The van der Waals surface area contributed by atoms with Gasteiger partial charge in [-0.15, -0.1) is 0 Å². The topological polar surface area (TPSA) is 71.5 Å². The Morgan fingerprint density at radius 3 is 2.64 bits per heavy atom. The number of pyridine rings is 1. The molecule has 9 heteroatoms. The smallest absolute Gasteiger partial charge is 0.433 e. The van der Waals surface area contributed by atoms with E-state index < -0.39 is 18.0 Å². The van der Waals surface area contributed by atoms with Gasteiger partial charge in [0.15, 0.2) is 0 Å². The maximum Gasteiger partial charge on any atom is 0.433 e. The maximum absolute atomic E-state index is 12.6. The largest absolute Gasteiger partial charge is 0.447 e. The fourth-order valence-corrected chi connectivity index (χ4v) is 4.59. The predicted octanol–water partition coefficient (Wildman–Crippen LogP) is 2.77. The molecule has 3 aliphatic rings. The van der Waals surface area contributed by atoms with Crippen molar-refractivity contribution in [1.29, 1.82) is 0 Å². The van der Waals surface area contributed by atoms with Gasteiger partial charge in [0.2, 0.25) is 5.91 Å². The van der Waals surface area contributed by atoms with Gasteiger partial charge in [0, 0.05) is 31.1 Å². The van der Waals surface area contributed by atoms with Gasteiger partial charge in [0.05, 0.1) is 6.04 Å². The number of alkyl carbamates (subject to hydrolysis) is 1. The summed E-state index contributed by atoms with van der Waals surface area (Å²) in [5, 5.41) is 2.66. The van der Waals surface area contributed by atoms with E-state index in [1.807, 2.05) is 4.90 Å². The van der Waals surface area contributed by atoms with Crippen LogP contribution in [0, 0.1) is 11.3 Å². The van der Waals surface area contributed by atoms with Crippen LogP contribution in [0.3, 0.4) is 0 Å². The molecule has 28 heavy (non-hydrogen) atoms. The average Bonchev–Trinajstić information content (AvgIpc) is 2.98. The highest BCUT2D eigenvalue weighted by Gasteiger charge is 2.53. The molecule has 1 spiro atoms. The van der Waals surface area contributed by atoms with E-state index in [-0.39, 0.29) is 17.4 Å². The third-order valence-corrected chi connectivity index (χ3v) is 5.93. The monoisotopic (exact) mass is 397 g/mol. The minimum Gasteiger partial charge on any atom is -0.447 e. The van der Waals surface area contributed by atoms with Crippen molar-refractivity contribution in [3.05, 3.63) is 29.6 Å². The van der Waals surface area contributed by atoms with Crippen LogP contribution in [-0.4, -0.2) is 47.6 Å². The molecule has 6 nitrogen and oxygen atoms in total. The zero-order valence-corrected chi connectivity index (χ0v) is 15.3. The van der Waals surface area contributed by atoms with Crippen molar-refractivity contribution in [2.24, 2.45) is 11.3 Å². The normalized spacial score (nSPS) is 23.8. The Morgan fingerprint density at radius 2 is 2.07 bits per heavy atom. The van der Waals surface area contributed by atoms with E-state index in [0.29, 0.717) is 25.4 Å². The van der Waals surface area contributed by atoms with Crippen LogP contribution in [0.2, 0.25) is 0 Å². The zero-order chi connectivity index (χ0) is 19.9. The molecule has 1 aliphatic carbocycles. The van der Waals surface area contributed by atoms with Crippen LogP contribution in [-0.2, 0) is 22.1 Å². The summed E-state index contributed by atoms with van der Waals surface area (Å²) in [5.74, 6) is 0.531. The third kappa shape index (κ3) is 3.93. The first-order valence-corrected chi connectivity index (χ1v) is 9.46. The van der Waals surface area contributed by atoms with Crippen LogP contribution in [0.15, 0.2) is 18.3 Å². The van der Waals surface area contributed by atoms with Crippen molar-refractivity contribution in [2.45, 2.75) is 44.3 Å². The summed E-state index contributed by atoms with van der Waals surface area (Å²) in [6, 6.07) is 2.45. The molecule has 2 aliphatic heterocycles. The molecule has 0 radical (unpaired) electrons. The lowest BCUT2D eigenvalue weighted by Crippen LogP contribution is -2.64. The molecule has 1 aromatic heterocycles. The number of cyclic esters (lactones) is 1. The molecule has 4 rings (SSSR count). The second-order valence-corrected chi connectivity index (χ2v) is 8.26. The number of nitrogens with one attached hydrogen (secondary N) is 1. The first kappa shape index (κ1) is 19.0. The highest BCUT2D eigenvalue weighted by Crippen LogP contribution is 2.53. The molecule has 152 valence electrons. The summed E-state index contributed by atoms with van der Waals surface area (Å²) in [6.07, 6.45) is 0.163. The number of amides is 2. The average molecular weight is 397 g/mol. The van der Waals surface area contributed by atoms with E-state index >= 15 is 0 Å². The van der Waals surface area contributed by atoms with Crippen molar-refractivity contribution < 1.29 is 27.5 Å². The maximum atomic E-state index is 12.6. The van der Waals surface area contributed by atoms with Crippen LogP contribution in [0.25, 0.3) is 0 Å². The van der Waals surface area contributed by atoms with Crippen LogP contribution in [0.4, 0.5) is 18.0 Å². The zero-order valence-electron chi connectivity index (χ0n) is 15.3. The Balaban J connectivity index is 1.17. The number of hydrogen-bond donors (Lipinski definition) is 1. The Kier molecular flexibility index (Phi) is 4.71. The number of hydrogen-bond acceptors (Lipinski definition) is 4. The number of ether oxygens (including phenoxy) is 1. The van der Waals surface area contributed by atoms with E-state index in [0.717, 1.165) is 44.0 Å². The van der Waals surface area contributed by atoms with Gasteiger partial charge in [0.1, 0.15) is 12.3 Å². The Labute approximate surface area is 160 Å². The van der Waals surface area contributed by atoms with E-state index in [1.54, 1.807) is 0 Å². The van der Waals surface area contributed by atoms with Crippen molar-refractivity contribution in [1.82, 2.24) is 15.2 Å². The lowest BCUT2D eigenvalue weighted by atomic mass is 9.56. The number of carbonyl (C=O) groups is 2. The summed E-state index contributed by atoms with van der Waals surface area (Å²) in [4.78, 5) is 28.6. The molecule has 1 N–H and O–H groups in total. The van der Waals surface area contributed by atoms with Gasteiger partial charge in [-0.2, -0.15) is 13.2 Å². The molecular formula is C19H22F3N3O3. The van der Waals surface area contributed by atoms with E-state index in [2.05, 4.69) is 10.3 Å². The van der Waals surface area contributed by atoms with Gasteiger partial charge >= 0.3 is 12.3 Å². The predicted molar refractivity (Wildman–Crippen MR) is 92.2 cm³/mol. The van der Waals surface area contributed by atoms with Gasteiger partial charge in [-0.3, -0.25) is 9.78 Å². The van der Waals surface area contributed by atoms with Crippen molar-refractivity contribution >= 4 is 12.0 Å². The van der Waals surface area contributed by atoms with Gasteiger partial charge in [-0.1, -0.05) is 6.07 Å². The summed E-state index contributed by atoms with van der Waals surface area (Å²) in [7, 11) is 0. The first-order valence-electron chi connectivity index (χ1n) is 9.46. The van der Waals surface area contributed by atoms with Crippen LogP contribution in [0.5, 0.6) is 0 Å². The summed E-state index contributed by atoms with van der Waals surface area (Å²) < 4.78 is 42.5. The van der Waals surface area contributed by atoms with Crippen molar-refractivity contribution in [3.63, 3.8) is 0 Å². The summed E-state index contributed by atoms with van der Waals surface area (Å²) >= 11 is 0. The van der Waals surface area contributed by atoms with Crippen LogP contribution >= 0.6 is 0 Å². The van der Waals surface area contributed by atoms with Crippen molar-refractivity contribution in [3.8, 4) is 0 Å². The van der Waals surface area contributed by atoms with Gasteiger partial charge in [0.25, 0.3) is 0 Å². The van der Waals surface area contributed by atoms with Gasteiger partial charge in [-0.05, 0) is 43.2 Å². The molecule has 1 aromatic rings. The molecule has 0 aromatic carbocycles. The lowest BCUT2D eigenvalue weighted by Gasteiger charge is -2.59. The van der Waals surface area contributed by atoms with E-state index in [4.69, 9.17) is 4.74 Å². The van der Waals surface area contributed by atoms with Crippen LogP contribution in [0.1, 0.15) is 36.9 Å². The highest BCUT2D eigenvalue weighted by atomic mass is 19.4. The molecule has 1 atom stereocenters. The molecule has 1 saturated carbocycles. The third-order valence-electron chi connectivity index (χ3n) is 5.93. The molecular weight excluding hydrogens is 375 g/mol. The number of nitrogens with zero attached hydrogens (tertiary/aromatic N) is 2. The standard InChI is InChI=1S/C19H22F3N3O3/c20-19(21,22)15-3-1-12(8-23-15)5-13-6-18(7-13)10-25(11-18)16(26)4-2-14-9-28-17(27)24-14/h1,3,8,13-14H,2,4-7,9-11H2,(H,24,27)/t14-/m1/s1. The second-order valence-electron chi connectivity index (χ2n) is 8.26. The highest BCUT2D eigenvalue weighted by molar-refractivity contribution is 5.77. The lowest BCUT2D eigenvalue weighted by molar-refractivity contribution is -0.155. The second kappa shape index (κ2) is 6.93. The van der Waals surface area contributed by atoms with E-state index in [1.165, 1.54) is 12.3 Å². The first-order chi connectivity index (χ1) is 13.2. The SMILES string of the molecule is O=C1N[C@H](CCC(=O)N2CC3(CC(Cc4ccc(C(F)(F)F)nc4)C3)C2)CO1. The number of likely N-dealkylation sites (tertiary alicyclic amines) is 1. The van der Waals surface area contributed by atoms with Gasteiger partial charge < -0.3 is 15.0 Å². The minimum absolute atomic E-state index is 0.0860. The number of aromatic nitrogens is 1. The number of carbonyl (C=O) groups excluding carboxylic acids is 2. The fraction of sp³-hybridized carbons (Fsp3) is 0.632. The number of rotatable bonds is 5. The molecule has 3 heterocycles. The Morgan fingerprint density at radius 1 is 1.32 bits per heavy atom. The quantitative estimate of drug-likeness (QED) is 0.830. The molecule has 0 unspecified atom stereocenters. The van der Waals surface area contributed by atoms with E-state index in [9.17, 15) is 22.8 Å².